The highest BCUT2D eigenvalue weighted by Crippen LogP contribution is 2.31. The molecule has 9 heteroatoms. The molecule has 0 unspecified atom stereocenters. The van der Waals surface area contributed by atoms with Gasteiger partial charge in [-0.15, -0.1) is 0 Å². The molecule has 0 bridgehead atoms. The van der Waals surface area contributed by atoms with Crippen molar-refractivity contribution >= 4 is 19.8 Å². The standard InChI is InChI=1S/C22H31F2N3O3Si/c1-22(2)13-25-21(29-14-22)26-16-10-18(23)20(19(24)11-16)30-17-6-7-27(12-17)15-28-8-9-31(3,4)5/h6-7,10-12H,8-9,13-15H2,1-5H3,(H,25,26). The molecule has 0 fully saturated rings. The molecule has 1 aromatic carbocycles. The summed E-state index contributed by atoms with van der Waals surface area (Å²) in [5, 5.41) is 2.81. The summed E-state index contributed by atoms with van der Waals surface area (Å²) in [4.78, 5) is 4.27. The van der Waals surface area contributed by atoms with Gasteiger partial charge >= 0.3 is 0 Å². The monoisotopic (exact) mass is 451 g/mol. The highest BCUT2D eigenvalue weighted by Gasteiger charge is 2.24. The zero-order valence-corrected chi connectivity index (χ0v) is 19.8. The van der Waals surface area contributed by atoms with Crippen LogP contribution in [-0.4, -0.2) is 38.4 Å². The fraction of sp³-hybridized carbons (Fsp3) is 0.500. The maximum absolute atomic E-state index is 14.5. The van der Waals surface area contributed by atoms with Gasteiger partial charge < -0.3 is 24.1 Å². The van der Waals surface area contributed by atoms with Crippen LogP contribution in [0.2, 0.25) is 25.7 Å². The predicted molar refractivity (Wildman–Crippen MR) is 121 cm³/mol. The van der Waals surface area contributed by atoms with Crippen LogP contribution >= 0.6 is 0 Å². The van der Waals surface area contributed by atoms with E-state index in [4.69, 9.17) is 14.2 Å². The average molecular weight is 452 g/mol. The Morgan fingerprint density at radius 1 is 1.23 bits per heavy atom. The number of ether oxygens (including phenoxy) is 3. The Balaban J connectivity index is 1.59. The first kappa shape index (κ1) is 23.3. The van der Waals surface area contributed by atoms with Gasteiger partial charge in [-0.3, -0.25) is 0 Å². The second-order valence-electron chi connectivity index (χ2n) is 9.78. The highest BCUT2D eigenvalue weighted by molar-refractivity contribution is 6.76. The summed E-state index contributed by atoms with van der Waals surface area (Å²) in [7, 11) is -1.14. The molecule has 0 saturated heterocycles. The molecule has 1 aliphatic heterocycles. The van der Waals surface area contributed by atoms with Gasteiger partial charge in [-0.1, -0.05) is 33.5 Å². The zero-order valence-electron chi connectivity index (χ0n) is 18.8. The van der Waals surface area contributed by atoms with Crippen molar-refractivity contribution < 1.29 is 23.0 Å². The molecule has 0 amide bonds. The van der Waals surface area contributed by atoms with Crippen LogP contribution in [0.4, 0.5) is 14.5 Å². The fourth-order valence-electron chi connectivity index (χ4n) is 2.80. The molecule has 0 aliphatic carbocycles. The SMILES string of the molecule is CC1(C)CN=C(Nc2cc(F)c(Oc3ccn(COCC[Si](C)(C)C)c3)c(F)c2)OC1. The molecule has 2 aromatic rings. The van der Waals surface area contributed by atoms with Gasteiger partial charge in [0.05, 0.1) is 13.2 Å². The second-order valence-corrected chi connectivity index (χ2v) is 15.4. The molecule has 2 heterocycles. The van der Waals surface area contributed by atoms with Gasteiger partial charge in [0, 0.05) is 50.3 Å². The molecule has 0 spiro atoms. The largest absolute Gasteiger partial charge is 0.464 e. The Kier molecular flexibility index (Phi) is 7.05. The molecule has 1 aromatic heterocycles. The molecule has 0 saturated carbocycles. The summed E-state index contributed by atoms with van der Waals surface area (Å²) >= 11 is 0. The van der Waals surface area contributed by atoms with Crippen LogP contribution in [0.3, 0.4) is 0 Å². The summed E-state index contributed by atoms with van der Waals surface area (Å²) in [6.45, 7) is 13.0. The van der Waals surface area contributed by atoms with Crippen molar-refractivity contribution in [2.75, 3.05) is 25.1 Å². The molecule has 3 rings (SSSR count). The predicted octanol–water partition coefficient (Wildman–Crippen LogP) is 5.70. The number of anilines is 1. The topological polar surface area (TPSA) is 57.0 Å². The zero-order chi connectivity index (χ0) is 22.6. The summed E-state index contributed by atoms with van der Waals surface area (Å²) in [5.74, 6) is -1.78. The van der Waals surface area contributed by atoms with Crippen molar-refractivity contribution in [1.29, 1.82) is 0 Å². The van der Waals surface area contributed by atoms with Gasteiger partial charge in [-0.2, -0.15) is 0 Å². The van der Waals surface area contributed by atoms with E-state index in [9.17, 15) is 8.78 Å². The number of nitrogens with zero attached hydrogens (tertiary/aromatic N) is 2. The van der Waals surface area contributed by atoms with Gasteiger partial charge in [0.25, 0.3) is 6.02 Å². The van der Waals surface area contributed by atoms with E-state index < -0.39 is 25.5 Å². The first-order valence-corrected chi connectivity index (χ1v) is 14.1. The molecule has 0 radical (unpaired) electrons. The smallest absolute Gasteiger partial charge is 0.289 e. The molecular formula is C22H31F2N3O3Si. The van der Waals surface area contributed by atoms with E-state index in [1.54, 1.807) is 23.0 Å². The minimum absolute atomic E-state index is 0.0604. The van der Waals surface area contributed by atoms with Crippen LogP contribution in [-0.2, 0) is 16.2 Å². The minimum Gasteiger partial charge on any atom is -0.464 e. The number of amidine groups is 1. The van der Waals surface area contributed by atoms with Crippen LogP contribution < -0.4 is 10.1 Å². The average Bonchev–Trinajstić information content (AvgIpc) is 3.10. The van der Waals surface area contributed by atoms with Crippen LogP contribution in [0.5, 0.6) is 11.5 Å². The highest BCUT2D eigenvalue weighted by atomic mass is 28.3. The van der Waals surface area contributed by atoms with E-state index in [0.717, 1.165) is 18.2 Å². The van der Waals surface area contributed by atoms with Crippen molar-refractivity contribution in [3.8, 4) is 11.5 Å². The quantitative estimate of drug-likeness (QED) is 0.413. The van der Waals surface area contributed by atoms with Gasteiger partial charge in [-0.25, -0.2) is 13.8 Å². The van der Waals surface area contributed by atoms with Crippen LogP contribution in [0.1, 0.15) is 13.8 Å². The third-order valence-corrected chi connectivity index (χ3v) is 6.38. The Morgan fingerprint density at radius 3 is 2.55 bits per heavy atom. The van der Waals surface area contributed by atoms with E-state index in [2.05, 4.69) is 30.0 Å². The Bertz CT molecular complexity index is 915. The lowest BCUT2D eigenvalue weighted by molar-refractivity contribution is 0.0873. The molecule has 1 N–H and O–H groups in total. The lowest BCUT2D eigenvalue weighted by Gasteiger charge is -2.28. The first-order chi connectivity index (χ1) is 14.5. The van der Waals surface area contributed by atoms with Crippen molar-refractivity contribution in [3.63, 3.8) is 0 Å². The van der Waals surface area contributed by atoms with Gasteiger partial charge in [0.2, 0.25) is 0 Å². The number of nitrogens with one attached hydrogen (secondary N) is 1. The van der Waals surface area contributed by atoms with E-state index in [0.29, 0.717) is 32.2 Å². The third kappa shape index (κ3) is 7.07. The van der Waals surface area contributed by atoms with Crippen molar-refractivity contribution in [2.24, 2.45) is 10.4 Å². The van der Waals surface area contributed by atoms with Crippen LogP contribution in [0, 0.1) is 17.0 Å². The number of aromatic nitrogens is 1. The van der Waals surface area contributed by atoms with Crippen molar-refractivity contribution in [3.05, 3.63) is 42.2 Å². The van der Waals surface area contributed by atoms with E-state index in [-0.39, 0.29) is 17.1 Å². The van der Waals surface area contributed by atoms with E-state index in [1.807, 2.05) is 13.8 Å². The summed E-state index contributed by atoms with van der Waals surface area (Å²) in [6.07, 6.45) is 3.39. The van der Waals surface area contributed by atoms with Crippen molar-refractivity contribution in [1.82, 2.24) is 4.57 Å². The molecule has 6 nitrogen and oxygen atoms in total. The number of rotatable bonds is 8. The van der Waals surface area contributed by atoms with Crippen LogP contribution in [0.25, 0.3) is 0 Å². The minimum atomic E-state index is -1.14. The first-order valence-electron chi connectivity index (χ1n) is 10.4. The van der Waals surface area contributed by atoms with Gasteiger partial charge in [0.1, 0.15) is 12.5 Å². The van der Waals surface area contributed by atoms with E-state index >= 15 is 0 Å². The van der Waals surface area contributed by atoms with Gasteiger partial charge in [0.15, 0.2) is 17.4 Å². The summed E-state index contributed by atoms with van der Waals surface area (Å²) in [5.41, 5.74) is 0.143. The molecule has 170 valence electrons. The fourth-order valence-corrected chi connectivity index (χ4v) is 3.55. The van der Waals surface area contributed by atoms with Crippen LogP contribution in [0.15, 0.2) is 35.6 Å². The Hall–Kier alpha value is -2.39. The Labute approximate surface area is 183 Å². The number of hydrogen-bond acceptors (Lipinski definition) is 5. The maximum atomic E-state index is 14.5. The number of aliphatic imine (C=N–C) groups is 1. The lowest BCUT2D eigenvalue weighted by Crippen LogP contribution is -2.33. The number of benzene rings is 1. The Morgan fingerprint density at radius 2 is 1.94 bits per heavy atom. The molecule has 31 heavy (non-hydrogen) atoms. The maximum Gasteiger partial charge on any atom is 0.289 e. The molecule has 0 atom stereocenters. The van der Waals surface area contributed by atoms with E-state index in [1.165, 1.54) is 0 Å². The normalized spacial score (nSPS) is 15.9. The molecular weight excluding hydrogens is 420 g/mol. The van der Waals surface area contributed by atoms with Gasteiger partial charge in [-0.05, 0) is 12.1 Å². The summed E-state index contributed by atoms with van der Waals surface area (Å²) < 4.78 is 47.5. The lowest BCUT2D eigenvalue weighted by atomic mass is 9.95. The number of halogens is 2. The van der Waals surface area contributed by atoms with Crippen molar-refractivity contribution in [2.45, 2.75) is 46.3 Å². The molecule has 1 aliphatic rings. The number of hydrogen-bond donors (Lipinski definition) is 1. The third-order valence-electron chi connectivity index (χ3n) is 4.68. The second kappa shape index (κ2) is 9.40. The summed E-state index contributed by atoms with van der Waals surface area (Å²) in [6, 6.07) is 5.27.